The number of thioether (sulfide) groups is 1. The molecule has 0 saturated heterocycles. The van der Waals surface area contributed by atoms with E-state index in [0.717, 1.165) is 22.4 Å². The van der Waals surface area contributed by atoms with Crippen LogP contribution >= 0.6 is 35.0 Å². The Labute approximate surface area is 234 Å². The normalized spacial score (nSPS) is 12.6. The highest BCUT2D eigenvalue weighted by molar-refractivity contribution is 7.99. The molecule has 0 radical (unpaired) electrons. The van der Waals surface area contributed by atoms with Crippen molar-refractivity contribution < 1.29 is 9.59 Å². The molecule has 0 aromatic heterocycles. The van der Waals surface area contributed by atoms with E-state index < -0.39 is 6.04 Å². The second-order valence-corrected chi connectivity index (χ2v) is 11.2. The molecule has 0 fully saturated rings. The summed E-state index contributed by atoms with van der Waals surface area (Å²) in [5.41, 5.74) is 3.01. The molecule has 1 N–H and O–H groups in total. The highest BCUT2D eigenvalue weighted by atomic mass is 35.5. The third kappa shape index (κ3) is 9.10. The monoisotopic (exact) mass is 556 g/mol. The first-order valence-electron chi connectivity index (χ1n) is 12.5. The quantitative estimate of drug-likeness (QED) is 0.237. The van der Waals surface area contributed by atoms with Gasteiger partial charge in [-0.2, -0.15) is 0 Å². The van der Waals surface area contributed by atoms with Crippen molar-refractivity contribution in [3.8, 4) is 0 Å². The third-order valence-electron chi connectivity index (χ3n) is 6.21. The Balaban J connectivity index is 1.87. The minimum absolute atomic E-state index is 0.00444. The van der Waals surface area contributed by atoms with Crippen LogP contribution in [0, 0.1) is 6.92 Å². The van der Waals surface area contributed by atoms with E-state index in [2.05, 4.69) is 36.5 Å². The first-order chi connectivity index (χ1) is 17.8. The zero-order valence-corrected chi connectivity index (χ0v) is 23.9. The molecule has 3 aromatic carbocycles. The summed E-state index contributed by atoms with van der Waals surface area (Å²) in [5, 5.41) is 3.97. The van der Waals surface area contributed by atoms with Gasteiger partial charge in [0.25, 0.3) is 0 Å². The number of aryl methyl sites for hydroxylation is 1. The number of carbonyl (C=O) groups is 2. The van der Waals surface area contributed by atoms with E-state index in [9.17, 15) is 9.59 Å². The smallest absolute Gasteiger partial charge is 0.243 e. The number of carbonyl (C=O) groups excluding carboxylic acids is 2. The zero-order chi connectivity index (χ0) is 26.8. The van der Waals surface area contributed by atoms with Crippen molar-refractivity contribution in [1.29, 1.82) is 0 Å². The highest BCUT2D eigenvalue weighted by Gasteiger charge is 2.30. The molecule has 0 spiro atoms. The van der Waals surface area contributed by atoms with Crippen LogP contribution in [0.5, 0.6) is 0 Å². The average Bonchev–Trinajstić information content (AvgIpc) is 2.89. The molecular weight excluding hydrogens is 523 g/mol. The molecule has 196 valence electrons. The second-order valence-electron chi connectivity index (χ2n) is 9.21. The van der Waals surface area contributed by atoms with Gasteiger partial charge in [0.05, 0.1) is 10.0 Å². The fourth-order valence-corrected chi connectivity index (χ4v) is 5.03. The SMILES string of the molecule is CC[C@H](C)NC(=O)[C@H](Cc1ccccc1)N(Cc1ccc(Cl)c(Cl)c1)C(=O)CCSc1ccc(C)cc1. The summed E-state index contributed by atoms with van der Waals surface area (Å²) in [6.45, 7) is 6.31. The number of nitrogens with zero attached hydrogens (tertiary/aromatic N) is 1. The largest absolute Gasteiger partial charge is 0.352 e. The first kappa shape index (κ1) is 29.1. The maximum atomic E-state index is 13.7. The van der Waals surface area contributed by atoms with Crippen LogP contribution in [0.4, 0.5) is 0 Å². The number of rotatable bonds is 12. The molecule has 3 rings (SSSR count). The number of amides is 2. The Bertz CT molecular complexity index is 1170. The zero-order valence-electron chi connectivity index (χ0n) is 21.5. The number of halogens is 2. The molecule has 0 heterocycles. The van der Waals surface area contributed by atoms with Crippen LogP contribution in [0.3, 0.4) is 0 Å². The highest BCUT2D eigenvalue weighted by Crippen LogP contribution is 2.25. The molecule has 37 heavy (non-hydrogen) atoms. The van der Waals surface area contributed by atoms with Crippen molar-refractivity contribution in [3.05, 3.63) is 99.5 Å². The Morgan fingerprint density at radius 3 is 2.30 bits per heavy atom. The van der Waals surface area contributed by atoms with Crippen molar-refractivity contribution in [1.82, 2.24) is 10.2 Å². The lowest BCUT2D eigenvalue weighted by Gasteiger charge is -2.32. The van der Waals surface area contributed by atoms with E-state index in [0.29, 0.717) is 28.6 Å². The summed E-state index contributed by atoms with van der Waals surface area (Å²) >= 11 is 14.0. The van der Waals surface area contributed by atoms with E-state index in [1.165, 1.54) is 5.56 Å². The summed E-state index contributed by atoms with van der Waals surface area (Å²) in [6.07, 6.45) is 1.53. The molecule has 0 aliphatic heterocycles. The van der Waals surface area contributed by atoms with E-state index in [-0.39, 0.29) is 24.4 Å². The van der Waals surface area contributed by atoms with Gasteiger partial charge in [-0.15, -0.1) is 11.8 Å². The molecule has 0 unspecified atom stereocenters. The van der Waals surface area contributed by atoms with Gasteiger partial charge in [-0.1, -0.05) is 84.2 Å². The van der Waals surface area contributed by atoms with Crippen molar-refractivity contribution in [3.63, 3.8) is 0 Å². The van der Waals surface area contributed by atoms with E-state index in [1.807, 2.05) is 50.2 Å². The molecule has 3 aromatic rings. The lowest BCUT2D eigenvalue weighted by atomic mass is 10.0. The van der Waals surface area contributed by atoms with Crippen LogP contribution in [0.2, 0.25) is 10.0 Å². The Hall–Kier alpha value is -2.47. The van der Waals surface area contributed by atoms with Gasteiger partial charge >= 0.3 is 0 Å². The van der Waals surface area contributed by atoms with Crippen molar-refractivity contribution >= 4 is 46.8 Å². The molecule has 4 nitrogen and oxygen atoms in total. The summed E-state index contributed by atoms with van der Waals surface area (Å²) < 4.78 is 0. The number of hydrogen-bond donors (Lipinski definition) is 1. The first-order valence-corrected chi connectivity index (χ1v) is 14.3. The van der Waals surface area contributed by atoms with Crippen LogP contribution in [0.15, 0.2) is 77.7 Å². The summed E-state index contributed by atoms with van der Waals surface area (Å²) in [7, 11) is 0. The van der Waals surface area contributed by atoms with Gasteiger partial charge < -0.3 is 10.2 Å². The van der Waals surface area contributed by atoms with Crippen LogP contribution in [-0.2, 0) is 22.6 Å². The fraction of sp³-hybridized carbons (Fsp3) is 0.333. The van der Waals surface area contributed by atoms with Gasteiger partial charge in [0.2, 0.25) is 11.8 Å². The molecule has 2 atom stereocenters. The maximum absolute atomic E-state index is 13.7. The van der Waals surface area contributed by atoms with Crippen LogP contribution in [-0.4, -0.2) is 34.6 Å². The Morgan fingerprint density at radius 1 is 0.946 bits per heavy atom. The van der Waals surface area contributed by atoms with Gasteiger partial charge in [0.15, 0.2) is 0 Å². The van der Waals surface area contributed by atoms with Gasteiger partial charge in [0.1, 0.15) is 6.04 Å². The van der Waals surface area contributed by atoms with Crippen LogP contribution < -0.4 is 5.32 Å². The van der Waals surface area contributed by atoms with Crippen molar-refractivity contribution in [2.24, 2.45) is 0 Å². The number of nitrogens with one attached hydrogen (secondary N) is 1. The van der Waals surface area contributed by atoms with E-state index >= 15 is 0 Å². The topological polar surface area (TPSA) is 49.4 Å². The molecule has 0 saturated carbocycles. The molecule has 0 aliphatic carbocycles. The van der Waals surface area contributed by atoms with Gasteiger partial charge in [-0.3, -0.25) is 9.59 Å². The Kier molecular flexibility index (Phi) is 11.4. The molecule has 7 heteroatoms. The standard InChI is InChI=1S/C30H34Cl2N2O2S/c1-4-22(3)33-30(36)28(19-23-8-6-5-7-9-23)34(20-24-12-15-26(31)27(32)18-24)29(35)16-17-37-25-13-10-21(2)11-14-25/h5-15,18,22,28H,4,16-17,19-20H2,1-3H3,(H,33,36)/t22-,28-/m0/s1. The molecule has 2 amide bonds. The van der Waals surface area contributed by atoms with Crippen molar-refractivity contribution in [2.75, 3.05) is 5.75 Å². The van der Waals surface area contributed by atoms with E-state index in [4.69, 9.17) is 23.2 Å². The van der Waals surface area contributed by atoms with Crippen LogP contribution in [0.25, 0.3) is 0 Å². The number of benzene rings is 3. The Morgan fingerprint density at radius 2 is 1.65 bits per heavy atom. The minimum Gasteiger partial charge on any atom is -0.352 e. The average molecular weight is 558 g/mol. The molecular formula is C30H34Cl2N2O2S. The summed E-state index contributed by atoms with van der Waals surface area (Å²) in [6, 6.07) is 22.7. The predicted molar refractivity (Wildman–Crippen MR) is 155 cm³/mol. The third-order valence-corrected chi connectivity index (χ3v) is 7.97. The lowest BCUT2D eigenvalue weighted by Crippen LogP contribution is -2.52. The molecule has 0 bridgehead atoms. The van der Waals surface area contributed by atoms with Crippen molar-refractivity contribution in [2.45, 2.75) is 63.6 Å². The predicted octanol–water partition coefficient (Wildman–Crippen LogP) is 7.34. The van der Waals surface area contributed by atoms with Crippen LogP contribution in [0.1, 0.15) is 43.4 Å². The summed E-state index contributed by atoms with van der Waals surface area (Å²) in [5.74, 6) is 0.383. The second kappa shape index (κ2) is 14.5. The van der Waals surface area contributed by atoms with E-state index in [1.54, 1.807) is 28.8 Å². The van der Waals surface area contributed by atoms with Gasteiger partial charge in [0, 0.05) is 36.1 Å². The molecule has 0 aliphatic rings. The summed E-state index contributed by atoms with van der Waals surface area (Å²) in [4.78, 5) is 30.1. The number of hydrogen-bond acceptors (Lipinski definition) is 3. The van der Waals surface area contributed by atoms with Gasteiger partial charge in [-0.05, 0) is 55.7 Å². The minimum atomic E-state index is -0.664. The lowest BCUT2D eigenvalue weighted by molar-refractivity contribution is -0.141. The maximum Gasteiger partial charge on any atom is 0.243 e. The van der Waals surface area contributed by atoms with Gasteiger partial charge in [-0.25, -0.2) is 0 Å². The fourth-order valence-electron chi connectivity index (χ4n) is 3.86.